The molecule has 0 aliphatic rings. The van der Waals surface area contributed by atoms with Crippen LogP contribution in [0, 0.1) is 0 Å². The summed E-state index contributed by atoms with van der Waals surface area (Å²) >= 11 is 5.84. The molecule has 146 valence electrons. The van der Waals surface area contributed by atoms with Crippen molar-refractivity contribution in [2.24, 2.45) is 0 Å². The Morgan fingerprint density at radius 1 is 1.10 bits per heavy atom. The number of carbonyl (C=O) groups excluding carboxylic acids is 1. The van der Waals surface area contributed by atoms with Crippen LogP contribution in [-0.2, 0) is 6.54 Å². The molecule has 0 amide bonds. The summed E-state index contributed by atoms with van der Waals surface area (Å²) in [6.07, 6.45) is 1.33. The maximum absolute atomic E-state index is 12.7. The van der Waals surface area contributed by atoms with Crippen molar-refractivity contribution in [2.45, 2.75) is 13.5 Å². The number of Topliss-reactive ketones (excluding diaryl/α,β-unsaturated/α-hetero) is 1. The topological polar surface area (TPSA) is 91.9 Å². The number of carbonyl (C=O) groups is 1. The molecule has 0 unspecified atom stereocenters. The lowest BCUT2D eigenvalue weighted by atomic mass is 10.1. The molecule has 4 aromatic rings. The molecule has 0 saturated heterocycles. The second-order valence-electron chi connectivity index (χ2n) is 6.21. The van der Waals surface area contributed by atoms with E-state index in [9.17, 15) is 9.59 Å². The predicted molar refractivity (Wildman–Crippen MR) is 108 cm³/mol. The Morgan fingerprint density at radius 3 is 2.52 bits per heavy atom. The molecule has 2 aromatic heterocycles. The maximum Gasteiger partial charge on any atom is 0.283 e. The van der Waals surface area contributed by atoms with E-state index in [-0.39, 0.29) is 17.8 Å². The largest absolute Gasteiger partial charge is 0.494 e. The number of ketones is 1. The lowest BCUT2D eigenvalue weighted by Crippen LogP contribution is -2.25. The zero-order valence-corrected chi connectivity index (χ0v) is 16.2. The van der Waals surface area contributed by atoms with Crippen LogP contribution in [0.15, 0.2) is 59.7 Å². The highest BCUT2D eigenvalue weighted by molar-refractivity contribution is 6.30. The Bertz CT molecular complexity index is 1230. The average Bonchev–Trinajstić information content (AvgIpc) is 3.16. The van der Waals surface area contributed by atoms with Gasteiger partial charge in [-0.05, 0) is 55.5 Å². The number of hydrogen-bond donors (Lipinski definition) is 0. The Morgan fingerprint density at radius 2 is 1.83 bits per heavy atom. The average molecular weight is 410 g/mol. The van der Waals surface area contributed by atoms with Crippen LogP contribution < -0.4 is 10.3 Å². The third-order valence-corrected chi connectivity index (χ3v) is 4.55. The lowest BCUT2D eigenvalue weighted by molar-refractivity contribution is 0.0970. The van der Waals surface area contributed by atoms with E-state index in [0.717, 1.165) is 5.75 Å². The zero-order valence-electron chi connectivity index (χ0n) is 15.4. The van der Waals surface area contributed by atoms with Crippen molar-refractivity contribution >= 4 is 28.5 Å². The fraction of sp³-hybridized carbons (Fsp3) is 0.150. The van der Waals surface area contributed by atoms with E-state index in [4.69, 9.17) is 16.3 Å². The van der Waals surface area contributed by atoms with Crippen molar-refractivity contribution < 1.29 is 9.53 Å². The summed E-state index contributed by atoms with van der Waals surface area (Å²) in [5.74, 6) is 0.500. The van der Waals surface area contributed by atoms with Gasteiger partial charge in [-0.25, -0.2) is 4.98 Å². The summed E-state index contributed by atoms with van der Waals surface area (Å²) < 4.78 is 8.12. The van der Waals surface area contributed by atoms with Crippen molar-refractivity contribution in [1.82, 2.24) is 24.5 Å². The zero-order chi connectivity index (χ0) is 20.4. The Hall–Kier alpha value is -3.52. The number of ether oxygens (including phenoxy) is 1. The summed E-state index contributed by atoms with van der Waals surface area (Å²) in [4.78, 5) is 29.5. The molecule has 2 aromatic carbocycles. The minimum absolute atomic E-state index is 0.0882. The molecule has 4 rings (SSSR count). The van der Waals surface area contributed by atoms with Crippen LogP contribution in [-0.4, -0.2) is 36.9 Å². The van der Waals surface area contributed by atoms with Gasteiger partial charge in [0.25, 0.3) is 5.56 Å². The first kappa shape index (κ1) is 18.8. The normalized spacial score (nSPS) is 11.0. The van der Waals surface area contributed by atoms with Crippen LogP contribution in [0.1, 0.15) is 17.3 Å². The molecule has 0 aliphatic heterocycles. The van der Waals surface area contributed by atoms with Crippen molar-refractivity contribution in [1.29, 1.82) is 0 Å². The van der Waals surface area contributed by atoms with E-state index >= 15 is 0 Å². The van der Waals surface area contributed by atoms with E-state index in [2.05, 4.69) is 15.3 Å². The highest BCUT2D eigenvalue weighted by atomic mass is 35.5. The Labute approximate surface area is 170 Å². The standard InChI is InChI=1S/C20H16ClN5O3/c1-2-29-16-9-7-15(8-10-16)26-19-18(23-24-26)20(28)25(12-22-19)11-17(27)13-3-5-14(21)6-4-13/h3-10,12H,2,11H2,1H3. The third-order valence-electron chi connectivity index (χ3n) is 4.30. The number of rotatable bonds is 6. The van der Waals surface area contributed by atoms with Gasteiger partial charge in [0.05, 0.1) is 18.8 Å². The number of nitrogens with zero attached hydrogens (tertiary/aromatic N) is 5. The van der Waals surface area contributed by atoms with Crippen molar-refractivity contribution in [3.05, 3.63) is 75.8 Å². The SMILES string of the molecule is CCOc1ccc(-n2nnc3c(=O)n(CC(=O)c4ccc(Cl)cc4)cnc32)cc1. The quantitative estimate of drug-likeness (QED) is 0.455. The fourth-order valence-corrected chi connectivity index (χ4v) is 2.99. The van der Waals surface area contributed by atoms with E-state index in [1.165, 1.54) is 15.6 Å². The van der Waals surface area contributed by atoms with E-state index in [1.54, 1.807) is 48.5 Å². The van der Waals surface area contributed by atoms with Crippen molar-refractivity contribution in [3.63, 3.8) is 0 Å². The summed E-state index contributed by atoms with van der Waals surface area (Å²) in [7, 11) is 0. The van der Waals surface area contributed by atoms with Crippen LogP contribution in [0.25, 0.3) is 16.9 Å². The van der Waals surface area contributed by atoms with E-state index < -0.39 is 5.56 Å². The van der Waals surface area contributed by atoms with Gasteiger partial charge in [0.2, 0.25) is 0 Å². The number of halogens is 1. The number of aromatic nitrogens is 5. The molecule has 0 atom stereocenters. The summed E-state index contributed by atoms with van der Waals surface area (Å²) in [5, 5.41) is 8.54. The fourth-order valence-electron chi connectivity index (χ4n) is 2.86. The molecule has 2 heterocycles. The molecule has 9 heteroatoms. The number of benzene rings is 2. The molecule has 0 bridgehead atoms. The molecule has 0 saturated carbocycles. The molecule has 0 fully saturated rings. The van der Waals surface area contributed by atoms with Gasteiger partial charge in [-0.1, -0.05) is 16.8 Å². The molecule has 29 heavy (non-hydrogen) atoms. The Balaban J connectivity index is 1.64. The van der Waals surface area contributed by atoms with E-state index in [1.807, 2.05) is 6.92 Å². The first-order valence-electron chi connectivity index (χ1n) is 8.89. The van der Waals surface area contributed by atoms with Crippen LogP contribution in [0.5, 0.6) is 5.75 Å². The van der Waals surface area contributed by atoms with Gasteiger partial charge < -0.3 is 4.74 Å². The van der Waals surface area contributed by atoms with Crippen LogP contribution in [0.2, 0.25) is 5.02 Å². The first-order chi connectivity index (χ1) is 14.1. The van der Waals surface area contributed by atoms with Crippen LogP contribution in [0.3, 0.4) is 0 Å². The first-order valence-corrected chi connectivity index (χ1v) is 9.27. The molecular weight excluding hydrogens is 394 g/mol. The predicted octanol–water partition coefficient (Wildman–Crippen LogP) is 2.91. The van der Waals surface area contributed by atoms with Crippen LogP contribution >= 0.6 is 11.6 Å². The van der Waals surface area contributed by atoms with Crippen molar-refractivity contribution in [3.8, 4) is 11.4 Å². The van der Waals surface area contributed by atoms with Gasteiger partial charge in [-0.15, -0.1) is 5.10 Å². The maximum atomic E-state index is 12.7. The lowest BCUT2D eigenvalue weighted by Gasteiger charge is -2.06. The van der Waals surface area contributed by atoms with Gasteiger partial charge in [0.15, 0.2) is 16.9 Å². The highest BCUT2D eigenvalue weighted by Crippen LogP contribution is 2.17. The van der Waals surface area contributed by atoms with Gasteiger partial charge in [-0.3, -0.25) is 14.2 Å². The highest BCUT2D eigenvalue weighted by Gasteiger charge is 2.15. The number of hydrogen-bond acceptors (Lipinski definition) is 6. The van der Waals surface area contributed by atoms with Gasteiger partial charge in [0, 0.05) is 10.6 Å². The van der Waals surface area contributed by atoms with Gasteiger partial charge in [-0.2, -0.15) is 4.68 Å². The van der Waals surface area contributed by atoms with Gasteiger partial charge >= 0.3 is 0 Å². The third kappa shape index (κ3) is 3.74. The number of fused-ring (bicyclic) bond motifs is 1. The monoisotopic (exact) mass is 409 g/mol. The summed E-state index contributed by atoms with van der Waals surface area (Å²) in [6.45, 7) is 2.33. The van der Waals surface area contributed by atoms with Crippen LogP contribution in [0.4, 0.5) is 0 Å². The molecular formula is C20H16ClN5O3. The summed E-state index contributed by atoms with van der Waals surface area (Å²) in [5.41, 5.74) is 1.12. The molecule has 0 N–H and O–H groups in total. The second-order valence-corrected chi connectivity index (χ2v) is 6.64. The second kappa shape index (κ2) is 7.84. The smallest absolute Gasteiger partial charge is 0.283 e. The molecule has 0 spiro atoms. The molecule has 0 aliphatic carbocycles. The molecule has 0 radical (unpaired) electrons. The van der Waals surface area contributed by atoms with E-state index in [0.29, 0.717) is 28.5 Å². The summed E-state index contributed by atoms with van der Waals surface area (Å²) in [6, 6.07) is 13.7. The minimum Gasteiger partial charge on any atom is -0.494 e. The molecule has 8 nitrogen and oxygen atoms in total. The van der Waals surface area contributed by atoms with Gasteiger partial charge in [0.1, 0.15) is 12.1 Å². The van der Waals surface area contributed by atoms with Crippen molar-refractivity contribution in [2.75, 3.05) is 6.61 Å². The Kier molecular flexibility index (Phi) is 5.09. The minimum atomic E-state index is -0.436.